The molecule has 1 amide bonds. The summed E-state index contributed by atoms with van der Waals surface area (Å²) in [4.78, 5) is 24.8. The van der Waals surface area contributed by atoms with Crippen molar-refractivity contribution in [3.05, 3.63) is 99.5 Å². The Morgan fingerprint density at radius 3 is 2.48 bits per heavy atom. The van der Waals surface area contributed by atoms with Crippen molar-refractivity contribution < 1.29 is 22.4 Å². The highest BCUT2D eigenvalue weighted by Crippen LogP contribution is 2.20. The van der Waals surface area contributed by atoms with Gasteiger partial charge >= 0.3 is 0 Å². The van der Waals surface area contributed by atoms with E-state index in [0.29, 0.717) is 11.6 Å². The summed E-state index contributed by atoms with van der Waals surface area (Å²) in [5.74, 6) is -6.16. The van der Waals surface area contributed by atoms with Crippen molar-refractivity contribution in [3.63, 3.8) is 0 Å². The highest BCUT2D eigenvalue weighted by atomic mass is 19.2. The van der Waals surface area contributed by atoms with Crippen molar-refractivity contribution in [1.29, 1.82) is 0 Å². The van der Waals surface area contributed by atoms with Crippen molar-refractivity contribution in [2.75, 3.05) is 5.32 Å². The van der Waals surface area contributed by atoms with Crippen LogP contribution in [-0.4, -0.2) is 10.5 Å². The number of carbonyl (C=O) groups is 1. The first-order valence-electron chi connectivity index (χ1n) is 7.75. The molecule has 3 aromatic rings. The van der Waals surface area contributed by atoms with E-state index in [-0.39, 0.29) is 12.1 Å². The van der Waals surface area contributed by atoms with Crippen LogP contribution >= 0.6 is 0 Å². The second-order valence-electron chi connectivity index (χ2n) is 5.66. The summed E-state index contributed by atoms with van der Waals surface area (Å²) >= 11 is 0. The van der Waals surface area contributed by atoms with Gasteiger partial charge in [-0.1, -0.05) is 12.1 Å². The Bertz CT molecular complexity index is 1080. The monoisotopic (exact) mass is 376 g/mol. The number of nitrogens with zero attached hydrogens (tertiary/aromatic N) is 1. The van der Waals surface area contributed by atoms with Crippen LogP contribution in [0.25, 0.3) is 0 Å². The number of nitrogens with one attached hydrogen (secondary N) is 1. The summed E-state index contributed by atoms with van der Waals surface area (Å²) in [5, 5.41) is 2.04. The van der Waals surface area contributed by atoms with Crippen LogP contribution in [0.4, 0.5) is 23.2 Å². The Hall–Kier alpha value is -3.42. The fourth-order valence-corrected chi connectivity index (χ4v) is 2.48. The number of halogens is 4. The molecule has 0 aliphatic rings. The molecule has 3 rings (SSSR count). The zero-order valence-electron chi connectivity index (χ0n) is 13.7. The first-order chi connectivity index (χ1) is 12.9. The molecule has 1 aromatic heterocycles. The Morgan fingerprint density at radius 2 is 1.74 bits per heavy atom. The Morgan fingerprint density at radius 1 is 0.963 bits per heavy atom. The van der Waals surface area contributed by atoms with Crippen molar-refractivity contribution in [1.82, 2.24) is 4.57 Å². The van der Waals surface area contributed by atoms with Gasteiger partial charge in [-0.25, -0.2) is 17.6 Å². The van der Waals surface area contributed by atoms with E-state index >= 15 is 0 Å². The molecule has 1 N–H and O–H groups in total. The standard InChI is InChI=1S/C19H12F4N2O2/c20-12-4-1-3-11(9-12)10-25-8-2-5-13(19(25)27)18(26)24-15-7-6-14(21)16(22)17(15)23/h1-9H,10H2,(H,24,26). The zero-order valence-corrected chi connectivity index (χ0v) is 13.7. The molecule has 0 radical (unpaired) electrons. The lowest BCUT2D eigenvalue weighted by Gasteiger charge is -2.10. The van der Waals surface area contributed by atoms with Gasteiger partial charge < -0.3 is 9.88 Å². The largest absolute Gasteiger partial charge is 0.319 e. The molecular formula is C19H12F4N2O2. The van der Waals surface area contributed by atoms with E-state index in [1.807, 2.05) is 5.32 Å². The predicted octanol–water partition coefficient (Wildman–Crippen LogP) is 3.71. The molecule has 0 saturated heterocycles. The highest BCUT2D eigenvalue weighted by molar-refractivity contribution is 6.04. The van der Waals surface area contributed by atoms with E-state index in [4.69, 9.17) is 0 Å². The molecule has 0 spiro atoms. The van der Waals surface area contributed by atoms with Crippen LogP contribution in [0.3, 0.4) is 0 Å². The minimum atomic E-state index is -1.73. The van der Waals surface area contributed by atoms with E-state index in [2.05, 4.69) is 0 Å². The van der Waals surface area contributed by atoms with Crippen LogP contribution in [0, 0.1) is 23.3 Å². The number of benzene rings is 2. The molecule has 138 valence electrons. The third-order valence-electron chi connectivity index (χ3n) is 3.79. The van der Waals surface area contributed by atoms with Gasteiger partial charge in [-0.15, -0.1) is 0 Å². The third-order valence-corrected chi connectivity index (χ3v) is 3.79. The van der Waals surface area contributed by atoms with Gasteiger partial charge in [0, 0.05) is 6.20 Å². The molecule has 0 aliphatic heterocycles. The molecule has 27 heavy (non-hydrogen) atoms. The third kappa shape index (κ3) is 3.89. The average Bonchev–Trinajstić information content (AvgIpc) is 2.64. The van der Waals surface area contributed by atoms with E-state index in [0.717, 1.165) is 6.07 Å². The van der Waals surface area contributed by atoms with Crippen LogP contribution in [0.5, 0.6) is 0 Å². The van der Waals surface area contributed by atoms with Crippen LogP contribution in [0.2, 0.25) is 0 Å². The minimum absolute atomic E-state index is 0.0112. The van der Waals surface area contributed by atoms with Crippen LogP contribution in [-0.2, 0) is 6.54 Å². The Kier molecular flexibility index (Phi) is 5.07. The van der Waals surface area contributed by atoms with Gasteiger partial charge in [-0.05, 0) is 42.0 Å². The topological polar surface area (TPSA) is 51.1 Å². The van der Waals surface area contributed by atoms with Gasteiger partial charge in [-0.2, -0.15) is 0 Å². The van der Waals surface area contributed by atoms with Crippen molar-refractivity contribution >= 4 is 11.6 Å². The first kappa shape index (κ1) is 18.4. The van der Waals surface area contributed by atoms with Gasteiger partial charge in [0.25, 0.3) is 11.5 Å². The van der Waals surface area contributed by atoms with E-state index in [1.165, 1.54) is 41.1 Å². The fourth-order valence-electron chi connectivity index (χ4n) is 2.48. The molecular weight excluding hydrogens is 364 g/mol. The maximum Gasteiger partial charge on any atom is 0.263 e. The van der Waals surface area contributed by atoms with Crippen LogP contribution in [0.1, 0.15) is 15.9 Å². The zero-order chi connectivity index (χ0) is 19.6. The van der Waals surface area contributed by atoms with Crippen LogP contribution in [0.15, 0.2) is 59.5 Å². The summed E-state index contributed by atoms with van der Waals surface area (Å²) in [7, 11) is 0. The van der Waals surface area contributed by atoms with Gasteiger partial charge in [-0.3, -0.25) is 9.59 Å². The van der Waals surface area contributed by atoms with Crippen molar-refractivity contribution in [2.45, 2.75) is 6.54 Å². The molecule has 0 atom stereocenters. The van der Waals surface area contributed by atoms with Crippen molar-refractivity contribution in [2.24, 2.45) is 0 Å². The van der Waals surface area contributed by atoms with Gasteiger partial charge in [0.05, 0.1) is 12.2 Å². The summed E-state index contributed by atoms with van der Waals surface area (Å²) in [6.45, 7) is 0.0112. The summed E-state index contributed by atoms with van der Waals surface area (Å²) < 4.78 is 54.4. The molecule has 0 unspecified atom stereocenters. The normalized spacial score (nSPS) is 10.7. The van der Waals surface area contributed by atoms with E-state index < -0.39 is 40.4 Å². The molecule has 0 saturated carbocycles. The second-order valence-corrected chi connectivity index (χ2v) is 5.66. The SMILES string of the molecule is O=C(Nc1ccc(F)c(F)c1F)c1cccn(Cc2cccc(F)c2)c1=O. The quantitative estimate of drug-likeness (QED) is 0.558. The molecule has 1 heterocycles. The Labute approximate surface area is 150 Å². The van der Waals surface area contributed by atoms with Gasteiger partial charge in [0.15, 0.2) is 17.5 Å². The average molecular weight is 376 g/mol. The van der Waals surface area contributed by atoms with Gasteiger partial charge in [0.1, 0.15) is 11.4 Å². The second kappa shape index (κ2) is 7.45. The number of anilines is 1. The van der Waals surface area contributed by atoms with E-state index in [9.17, 15) is 27.2 Å². The lowest BCUT2D eigenvalue weighted by Crippen LogP contribution is -2.29. The maximum absolute atomic E-state index is 13.7. The fraction of sp³-hybridized carbons (Fsp3) is 0.0526. The molecule has 0 bridgehead atoms. The maximum atomic E-state index is 13.7. The molecule has 0 fully saturated rings. The predicted molar refractivity (Wildman–Crippen MR) is 90.5 cm³/mol. The Balaban J connectivity index is 1.88. The number of amides is 1. The molecule has 4 nitrogen and oxygen atoms in total. The number of hydrogen-bond donors (Lipinski definition) is 1. The number of pyridine rings is 1. The van der Waals surface area contributed by atoms with E-state index in [1.54, 1.807) is 6.07 Å². The first-order valence-corrected chi connectivity index (χ1v) is 7.75. The smallest absolute Gasteiger partial charge is 0.263 e. The van der Waals surface area contributed by atoms with Crippen molar-refractivity contribution in [3.8, 4) is 0 Å². The number of hydrogen-bond acceptors (Lipinski definition) is 2. The molecule has 0 aliphatic carbocycles. The van der Waals surface area contributed by atoms with Crippen LogP contribution < -0.4 is 10.9 Å². The number of carbonyl (C=O) groups excluding carboxylic acids is 1. The lowest BCUT2D eigenvalue weighted by atomic mass is 10.2. The number of rotatable bonds is 4. The summed E-state index contributed by atoms with van der Waals surface area (Å²) in [6, 6.07) is 9.72. The van der Waals surface area contributed by atoms with Gasteiger partial charge in [0.2, 0.25) is 0 Å². The minimum Gasteiger partial charge on any atom is -0.319 e. The number of aromatic nitrogens is 1. The summed E-state index contributed by atoms with van der Waals surface area (Å²) in [5.41, 5.74) is -1.14. The lowest BCUT2D eigenvalue weighted by molar-refractivity contribution is 0.102. The molecule has 2 aromatic carbocycles. The summed E-state index contributed by atoms with van der Waals surface area (Å²) in [6.07, 6.45) is 1.40. The molecule has 8 heteroatoms. The highest BCUT2D eigenvalue weighted by Gasteiger charge is 2.18.